The number of aromatic hydroxyl groups is 1. The zero-order valence-electron chi connectivity index (χ0n) is 16.0. The molecule has 0 atom stereocenters. The minimum Gasteiger partial charge on any atom is -0.504 e. The Kier molecular flexibility index (Phi) is 6.23. The van der Waals surface area contributed by atoms with Gasteiger partial charge in [0.15, 0.2) is 16.7 Å². The van der Waals surface area contributed by atoms with Crippen LogP contribution >= 0.6 is 11.8 Å². The third-order valence-corrected chi connectivity index (χ3v) is 5.13. The molecule has 2 N–H and O–H groups in total. The average Bonchev–Trinajstić information content (AvgIpc) is 2.99. The molecule has 0 aromatic heterocycles. The first kappa shape index (κ1) is 20.5. The standard InChI is InChI=1S/C21H20N2O5S/c1-3-23-19(25)18(12-13-5-10-16(24)17(11-13)28-4-2)29-21(23)22-15-8-6-14(7-9-15)20(26)27/h5-12,24H,3-4H2,1-2H3,(H,26,27)/b18-12-,22-21?. The molecule has 0 radical (unpaired) electrons. The number of amidine groups is 1. The number of amides is 1. The molecule has 1 saturated heterocycles. The molecule has 2 aromatic rings. The van der Waals surface area contributed by atoms with Crippen molar-refractivity contribution in [3.63, 3.8) is 0 Å². The minimum atomic E-state index is -1.00. The lowest BCUT2D eigenvalue weighted by molar-refractivity contribution is -0.122. The molecule has 7 nitrogen and oxygen atoms in total. The molecule has 0 aliphatic carbocycles. The van der Waals surface area contributed by atoms with E-state index < -0.39 is 5.97 Å². The number of benzene rings is 2. The van der Waals surface area contributed by atoms with Crippen molar-refractivity contribution in [1.29, 1.82) is 0 Å². The van der Waals surface area contributed by atoms with Crippen LogP contribution in [0.1, 0.15) is 29.8 Å². The Balaban J connectivity index is 1.89. The Bertz CT molecular complexity index is 999. The number of carboxylic acid groups (broad SMARTS) is 1. The zero-order chi connectivity index (χ0) is 21.0. The Labute approximate surface area is 172 Å². The summed E-state index contributed by atoms with van der Waals surface area (Å²) < 4.78 is 5.39. The Hall–Kier alpha value is -3.26. The number of carbonyl (C=O) groups is 2. The van der Waals surface area contributed by atoms with Crippen LogP contribution in [0.4, 0.5) is 5.69 Å². The number of thioether (sulfide) groups is 1. The summed E-state index contributed by atoms with van der Waals surface area (Å²) in [4.78, 5) is 30.3. The summed E-state index contributed by atoms with van der Waals surface area (Å²) in [6.07, 6.45) is 1.73. The number of nitrogens with zero attached hydrogens (tertiary/aromatic N) is 2. The summed E-state index contributed by atoms with van der Waals surface area (Å²) in [5, 5.41) is 19.4. The van der Waals surface area contributed by atoms with Crippen LogP contribution < -0.4 is 4.74 Å². The number of aliphatic imine (C=N–C) groups is 1. The molecule has 150 valence electrons. The highest BCUT2D eigenvalue weighted by Gasteiger charge is 2.32. The summed E-state index contributed by atoms with van der Waals surface area (Å²) in [6.45, 7) is 4.56. The molecule has 1 aliphatic heterocycles. The quantitative estimate of drug-likeness (QED) is 0.693. The summed E-state index contributed by atoms with van der Waals surface area (Å²) in [5.74, 6) is -0.765. The molecule has 0 saturated carbocycles. The first-order valence-corrected chi connectivity index (χ1v) is 9.83. The van der Waals surface area contributed by atoms with Gasteiger partial charge in [-0.15, -0.1) is 0 Å². The lowest BCUT2D eigenvalue weighted by Crippen LogP contribution is -2.28. The van der Waals surface area contributed by atoms with Crippen LogP contribution in [0.25, 0.3) is 6.08 Å². The highest BCUT2D eigenvalue weighted by molar-refractivity contribution is 8.18. The predicted octanol–water partition coefficient (Wildman–Crippen LogP) is 4.11. The summed E-state index contributed by atoms with van der Waals surface area (Å²) in [5.41, 5.74) is 1.47. The van der Waals surface area contributed by atoms with Gasteiger partial charge in [-0.2, -0.15) is 0 Å². The number of carbonyl (C=O) groups excluding carboxylic acids is 1. The van der Waals surface area contributed by atoms with Gasteiger partial charge in [0.2, 0.25) is 0 Å². The van der Waals surface area contributed by atoms with Gasteiger partial charge in [0.05, 0.1) is 22.8 Å². The highest BCUT2D eigenvalue weighted by Crippen LogP contribution is 2.35. The van der Waals surface area contributed by atoms with E-state index >= 15 is 0 Å². The molecule has 1 heterocycles. The van der Waals surface area contributed by atoms with E-state index in [1.807, 2.05) is 13.8 Å². The van der Waals surface area contributed by atoms with Gasteiger partial charge in [0.25, 0.3) is 5.91 Å². The fraction of sp³-hybridized carbons (Fsp3) is 0.190. The second kappa shape index (κ2) is 8.83. The van der Waals surface area contributed by atoms with E-state index in [9.17, 15) is 14.7 Å². The smallest absolute Gasteiger partial charge is 0.335 e. The maximum atomic E-state index is 12.8. The van der Waals surface area contributed by atoms with E-state index in [-0.39, 0.29) is 17.2 Å². The van der Waals surface area contributed by atoms with Gasteiger partial charge in [-0.05, 0) is 73.6 Å². The molecule has 0 spiro atoms. The Morgan fingerprint density at radius 1 is 1.21 bits per heavy atom. The third kappa shape index (κ3) is 4.60. The molecule has 1 fully saturated rings. The molecular weight excluding hydrogens is 392 g/mol. The molecule has 8 heteroatoms. The fourth-order valence-electron chi connectivity index (χ4n) is 2.70. The molecular formula is C21H20N2O5S. The number of phenols is 1. The van der Waals surface area contributed by atoms with Crippen molar-refractivity contribution in [2.75, 3.05) is 13.2 Å². The Morgan fingerprint density at radius 3 is 2.55 bits per heavy atom. The molecule has 0 unspecified atom stereocenters. The van der Waals surface area contributed by atoms with Crippen LogP contribution in [0.2, 0.25) is 0 Å². The van der Waals surface area contributed by atoms with E-state index in [1.54, 1.807) is 35.2 Å². The van der Waals surface area contributed by atoms with E-state index in [2.05, 4.69) is 4.99 Å². The second-order valence-electron chi connectivity index (χ2n) is 6.07. The summed E-state index contributed by atoms with van der Waals surface area (Å²) in [7, 11) is 0. The Morgan fingerprint density at radius 2 is 1.93 bits per heavy atom. The molecule has 2 aromatic carbocycles. The van der Waals surface area contributed by atoms with Crippen molar-refractivity contribution in [2.24, 2.45) is 4.99 Å². The van der Waals surface area contributed by atoms with Crippen molar-refractivity contribution in [1.82, 2.24) is 4.90 Å². The van der Waals surface area contributed by atoms with Gasteiger partial charge >= 0.3 is 5.97 Å². The van der Waals surface area contributed by atoms with E-state index in [0.29, 0.717) is 34.7 Å². The minimum absolute atomic E-state index is 0.0432. The molecule has 0 bridgehead atoms. The number of carboxylic acids is 1. The lowest BCUT2D eigenvalue weighted by Gasteiger charge is -2.12. The van der Waals surface area contributed by atoms with E-state index in [4.69, 9.17) is 9.84 Å². The number of phenolic OH excluding ortho intramolecular Hbond substituents is 1. The van der Waals surface area contributed by atoms with Gasteiger partial charge in [0.1, 0.15) is 0 Å². The number of hydrogen-bond donors (Lipinski definition) is 2. The van der Waals surface area contributed by atoms with Crippen LogP contribution in [0.15, 0.2) is 52.4 Å². The number of ether oxygens (including phenoxy) is 1. The van der Waals surface area contributed by atoms with Gasteiger partial charge in [0, 0.05) is 6.54 Å². The molecule has 29 heavy (non-hydrogen) atoms. The number of rotatable bonds is 6. The summed E-state index contributed by atoms with van der Waals surface area (Å²) >= 11 is 1.24. The van der Waals surface area contributed by atoms with Gasteiger partial charge < -0.3 is 14.9 Å². The first-order chi connectivity index (χ1) is 13.9. The van der Waals surface area contributed by atoms with Crippen LogP contribution in [0.5, 0.6) is 11.5 Å². The van der Waals surface area contributed by atoms with Crippen LogP contribution in [0, 0.1) is 0 Å². The van der Waals surface area contributed by atoms with Gasteiger partial charge in [-0.1, -0.05) is 6.07 Å². The van der Waals surface area contributed by atoms with Crippen molar-refractivity contribution < 1.29 is 24.5 Å². The number of hydrogen-bond acceptors (Lipinski definition) is 6. The predicted molar refractivity (Wildman–Crippen MR) is 113 cm³/mol. The normalized spacial score (nSPS) is 16.6. The van der Waals surface area contributed by atoms with Crippen molar-refractivity contribution in [2.45, 2.75) is 13.8 Å². The average molecular weight is 412 g/mol. The molecule has 3 rings (SSSR count). The first-order valence-electron chi connectivity index (χ1n) is 9.02. The molecule has 1 amide bonds. The van der Waals surface area contributed by atoms with Crippen molar-refractivity contribution in [3.8, 4) is 11.5 Å². The topological polar surface area (TPSA) is 99.4 Å². The lowest BCUT2D eigenvalue weighted by atomic mass is 10.2. The largest absolute Gasteiger partial charge is 0.504 e. The molecule has 1 aliphatic rings. The van der Waals surface area contributed by atoms with Crippen molar-refractivity contribution >= 4 is 40.6 Å². The van der Waals surface area contributed by atoms with E-state index in [0.717, 1.165) is 5.56 Å². The highest BCUT2D eigenvalue weighted by atomic mass is 32.2. The maximum absolute atomic E-state index is 12.8. The second-order valence-corrected chi connectivity index (χ2v) is 7.08. The monoisotopic (exact) mass is 412 g/mol. The van der Waals surface area contributed by atoms with Crippen LogP contribution in [-0.4, -0.2) is 45.3 Å². The number of likely N-dealkylation sites (N-methyl/N-ethyl adjacent to an activating group) is 1. The maximum Gasteiger partial charge on any atom is 0.335 e. The zero-order valence-corrected chi connectivity index (χ0v) is 16.8. The number of aromatic carboxylic acids is 1. The van der Waals surface area contributed by atoms with E-state index in [1.165, 1.54) is 30.0 Å². The van der Waals surface area contributed by atoms with Gasteiger partial charge in [-0.25, -0.2) is 9.79 Å². The van der Waals surface area contributed by atoms with Gasteiger partial charge in [-0.3, -0.25) is 9.69 Å². The fourth-order valence-corrected chi connectivity index (χ4v) is 3.76. The van der Waals surface area contributed by atoms with Crippen LogP contribution in [-0.2, 0) is 4.79 Å². The van der Waals surface area contributed by atoms with Crippen molar-refractivity contribution in [3.05, 3.63) is 58.5 Å². The van der Waals surface area contributed by atoms with Crippen LogP contribution in [0.3, 0.4) is 0 Å². The third-order valence-electron chi connectivity index (χ3n) is 4.12. The SMILES string of the molecule is CCOc1cc(/C=C2\SC(=Nc3ccc(C(=O)O)cc3)N(CC)C2=O)ccc1O. The summed E-state index contributed by atoms with van der Waals surface area (Å²) in [6, 6.07) is 11.1.